The lowest BCUT2D eigenvalue weighted by Crippen LogP contribution is -2.51. The molecule has 0 aliphatic carbocycles. The minimum absolute atomic E-state index is 0.174. The average molecular weight is 322 g/mol. The molecular formula is C17H16N5O2+. The highest BCUT2D eigenvalue weighted by Gasteiger charge is 2.30. The molecule has 1 atom stereocenters. The first-order valence-corrected chi connectivity index (χ1v) is 7.48. The maximum atomic E-state index is 12.3. The van der Waals surface area contributed by atoms with E-state index in [1.165, 1.54) is 0 Å². The van der Waals surface area contributed by atoms with Gasteiger partial charge in [0, 0.05) is 5.56 Å². The molecule has 24 heavy (non-hydrogen) atoms. The van der Waals surface area contributed by atoms with Crippen molar-refractivity contribution in [3.05, 3.63) is 64.4 Å². The molecule has 2 heterocycles. The monoisotopic (exact) mass is 322 g/mol. The third-order valence-corrected chi connectivity index (χ3v) is 4.05. The molecule has 4 rings (SSSR count). The minimum atomic E-state index is -0.381. The Morgan fingerprint density at radius 1 is 1.17 bits per heavy atom. The highest BCUT2D eigenvalue weighted by Crippen LogP contribution is 2.23. The number of guanidine groups is 1. The van der Waals surface area contributed by atoms with Crippen LogP contribution < -0.4 is 25.9 Å². The summed E-state index contributed by atoms with van der Waals surface area (Å²) in [5.74, 6) is 1.52. The van der Waals surface area contributed by atoms with Crippen molar-refractivity contribution in [1.29, 1.82) is 0 Å². The second kappa shape index (κ2) is 5.38. The van der Waals surface area contributed by atoms with Gasteiger partial charge in [-0.2, -0.15) is 4.99 Å². The summed E-state index contributed by atoms with van der Waals surface area (Å²) in [4.78, 5) is 19.6. The lowest BCUT2D eigenvalue weighted by Gasteiger charge is -2.21. The molecule has 0 saturated carbocycles. The number of aromatic nitrogens is 2. The molecule has 0 radical (unpaired) electrons. The standard InChI is InChI=1S/C17H15N5O2/c1-24-11-8-6-10(7-9-11)14-19-16(18)21-17-20-15(23)12-4-2-3-5-13(12)22(14)17/h2-9,14H,1H3,(H3,18,19,20,21,23)/p+1/t14-/m0/s1. The maximum absolute atomic E-state index is 12.3. The van der Waals surface area contributed by atoms with E-state index in [0.717, 1.165) is 16.8 Å². The molecule has 7 nitrogen and oxygen atoms in total. The first-order chi connectivity index (χ1) is 11.7. The molecule has 1 aliphatic heterocycles. The minimum Gasteiger partial charge on any atom is -0.497 e. The van der Waals surface area contributed by atoms with E-state index in [4.69, 9.17) is 10.5 Å². The highest BCUT2D eigenvalue weighted by molar-refractivity contribution is 5.91. The first-order valence-electron chi connectivity index (χ1n) is 7.48. The average Bonchev–Trinajstić information content (AvgIpc) is 2.61. The Morgan fingerprint density at radius 2 is 1.92 bits per heavy atom. The normalized spacial score (nSPS) is 16.2. The Kier molecular flexibility index (Phi) is 3.19. The van der Waals surface area contributed by atoms with Crippen LogP contribution >= 0.6 is 0 Å². The Labute approximate surface area is 137 Å². The van der Waals surface area contributed by atoms with Gasteiger partial charge in [-0.15, -0.1) is 0 Å². The van der Waals surface area contributed by atoms with Crippen LogP contribution in [0.2, 0.25) is 0 Å². The summed E-state index contributed by atoms with van der Waals surface area (Å²) >= 11 is 0. The molecule has 0 spiro atoms. The molecule has 0 saturated heterocycles. The summed E-state index contributed by atoms with van der Waals surface area (Å²) in [5.41, 5.74) is 7.45. The third-order valence-electron chi connectivity index (χ3n) is 4.05. The molecule has 7 heteroatoms. The zero-order valence-corrected chi connectivity index (χ0v) is 13.0. The van der Waals surface area contributed by atoms with Crippen molar-refractivity contribution in [2.75, 3.05) is 12.4 Å². The number of hydrogen-bond donors (Lipinski definition) is 3. The lowest BCUT2D eigenvalue weighted by atomic mass is 10.1. The van der Waals surface area contributed by atoms with Crippen LogP contribution in [0, 0.1) is 0 Å². The number of anilines is 1. The van der Waals surface area contributed by atoms with Crippen molar-refractivity contribution in [3.63, 3.8) is 0 Å². The van der Waals surface area contributed by atoms with Gasteiger partial charge in [-0.25, -0.2) is 14.9 Å². The molecule has 0 amide bonds. The van der Waals surface area contributed by atoms with Crippen molar-refractivity contribution in [3.8, 4) is 5.75 Å². The van der Waals surface area contributed by atoms with Gasteiger partial charge in [-0.1, -0.05) is 12.1 Å². The van der Waals surface area contributed by atoms with Crippen molar-refractivity contribution in [1.82, 2.24) is 4.98 Å². The lowest BCUT2D eigenvalue weighted by molar-refractivity contribution is -0.677. The number of fused-ring (bicyclic) bond motifs is 3. The Hall–Kier alpha value is -3.35. The van der Waals surface area contributed by atoms with Crippen LogP contribution in [0.25, 0.3) is 10.9 Å². The second-order valence-electron chi connectivity index (χ2n) is 5.48. The van der Waals surface area contributed by atoms with E-state index in [-0.39, 0.29) is 17.7 Å². The Morgan fingerprint density at radius 3 is 2.67 bits per heavy atom. The number of aliphatic imine (C=N–C) groups is 1. The van der Waals surface area contributed by atoms with E-state index in [9.17, 15) is 4.79 Å². The van der Waals surface area contributed by atoms with Gasteiger partial charge >= 0.3 is 11.5 Å². The van der Waals surface area contributed by atoms with E-state index >= 15 is 0 Å². The van der Waals surface area contributed by atoms with Gasteiger partial charge in [0.1, 0.15) is 11.3 Å². The van der Waals surface area contributed by atoms with Crippen molar-refractivity contribution < 1.29 is 9.30 Å². The second-order valence-corrected chi connectivity index (χ2v) is 5.48. The topological polar surface area (TPSA) is 96.4 Å². The van der Waals surface area contributed by atoms with Crippen molar-refractivity contribution in [2.45, 2.75) is 6.17 Å². The number of aromatic amines is 1. The van der Waals surface area contributed by atoms with Gasteiger partial charge in [-0.05, 0) is 36.4 Å². The number of nitrogens with zero attached hydrogens (tertiary/aromatic N) is 2. The van der Waals surface area contributed by atoms with Crippen LogP contribution in [0.3, 0.4) is 0 Å². The van der Waals surface area contributed by atoms with Crippen LogP contribution in [0.4, 0.5) is 5.95 Å². The third kappa shape index (κ3) is 2.18. The molecule has 0 fully saturated rings. The largest absolute Gasteiger partial charge is 0.497 e. The van der Waals surface area contributed by atoms with Gasteiger partial charge < -0.3 is 10.5 Å². The number of para-hydroxylation sites is 1. The predicted octanol–water partition coefficient (Wildman–Crippen LogP) is 1.11. The van der Waals surface area contributed by atoms with Crippen LogP contribution in [0.5, 0.6) is 5.75 Å². The van der Waals surface area contributed by atoms with E-state index in [0.29, 0.717) is 11.3 Å². The predicted molar refractivity (Wildman–Crippen MR) is 91.1 cm³/mol. The number of H-pyrrole nitrogens is 1. The molecular weight excluding hydrogens is 306 g/mol. The fourth-order valence-corrected chi connectivity index (χ4v) is 2.92. The van der Waals surface area contributed by atoms with Gasteiger partial charge in [0.15, 0.2) is 0 Å². The van der Waals surface area contributed by atoms with E-state index in [2.05, 4.69) is 15.3 Å². The van der Waals surface area contributed by atoms with Crippen LogP contribution in [-0.4, -0.2) is 18.1 Å². The van der Waals surface area contributed by atoms with Gasteiger partial charge in [0.05, 0.1) is 12.5 Å². The van der Waals surface area contributed by atoms with Crippen LogP contribution in [0.1, 0.15) is 11.7 Å². The number of rotatable bonds is 2. The Bertz CT molecular complexity index is 1010. The molecule has 1 aliphatic rings. The van der Waals surface area contributed by atoms with E-state index < -0.39 is 0 Å². The quantitative estimate of drug-likeness (QED) is 0.616. The number of nitrogens with two attached hydrogens (primary N) is 1. The van der Waals surface area contributed by atoms with E-state index in [1.54, 1.807) is 13.2 Å². The fraction of sp³-hybridized carbons (Fsp3) is 0.118. The number of hydrogen-bond acceptors (Lipinski definition) is 5. The number of benzene rings is 2. The Balaban J connectivity index is 1.97. The molecule has 3 aromatic rings. The highest BCUT2D eigenvalue weighted by atomic mass is 16.5. The number of ether oxygens (including phenoxy) is 1. The molecule has 4 N–H and O–H groups in total. The molecule has 2 aromatic carbocycles. The van der Waals surface area contributed by atoms with Crippen LogP contribution in [0.15, 0.2) is 58.3 Å². The SMILES string of the molecule is COc1ccc([C@H]2N=C(N)Nc3[nH]c(=O)c4ccccc4[n+]32)cc1. The molecule has 0 unspecified atom stereocenters. The van der Waals surface area contributed by atoms with Gasteiger partial charge in [0.25, 0.3) is 5.96 Å². The van der Waals surface area contributed by atoms with Gasteiger partial charge in [0.2, 0.25) is 6.17 Å². The zero-order chi connectivity index (χ0) is 16.7. The van der Waals surface area contributed by atoms with Crippen LogP contribution in [-0.2, 0) is 0 Å². The summed E-state index contributed by atoms with van der Waals surface area (Å²) in [7, 11) is 1.62. The zero-order valence-electron chi connectivity index (χ0n) is 13.0. The number of methoxy groups -OCH3 is 1. The summed E-state index contributed by atoms with van der Waals surface area (Å²) in [6, 6.07) is 15.0. The summed E-state index contributed by atoms with van der Waals surface area (Å²) in [6.45, 7) is 0. The first kappa shape index (κ1) is 14.3. The molecule has 120 valence electrons. The summed E-state index contributed by atoms with van der Waals surface area (Å²) < 4.78 is 7.13. The van der Waals surface area contributed by atoms with Crippen molar-refractivity contribution in [2.24, 2.45) is 10.7 Å². The fourth-order valence-electron chi connectivity index (χ4n) is 2.92. The van der Waals surface area contributed by atoms with Crippen molar-refractivity contribution >= 4 is 22.8 Å². The molecule has 1 aromatic heterocycles. The smallest absolute Gasteiger partial charge is 0.367 e. The summed E-state index contributed by atoms with van der Waals surface area (Å²) in [5, 5.41) is 3.52. The number of nitrogens with one attached hydrogen (secondary N) is 2. The van der Waals surface area contributed by atoms with Gasteiger partial charge in [-0.3, -0.25) is 4.79 Å². The summed E-state index contributed by atoms with van der Waals surface area (Å²) in [6.07, 6.45) is -0.381. The maximum Gasteiger partial charge on any atom is 0.367 e. The van der Waals surface area contributed by atoms with E-state index in [1.807, 2.05) is 47.0 Å². The molecule has 0 bridgehead atoms.